The van der Waals surface area contributed by atoms with E-state index in [1.165, 1.54) is 55.6 Å². The number of nitrogens with zero attached hydrogens (tertiary/aromatic N) is 1. The molecule has 0 amide bonds. The molecule has 0 aliphatic heterocycles. The molecule has 0 saturated carbocycles. The second-order valence-corrected chi connectivity index (χ2v) is 16.1. The fourth-order valence-corrected chi connectivity index (χ4v) is 9.42. The Hall–Kier alpha value is -7.42. The highest BCUT2D eigenvalue weighted by atomic mass is 16.3. The van der Waals surface area contributed by atoms with Gasteiger partial charge in [0.05, 0.1) is 5.69 Å². The molecule has 1 aliphatic rings. The first-order valence-electron chi connectivity index (χ1n) is 20.4. The molecule has 280 valence electrons. The molecule has 0 spiro atoms. The highest BCUT2D eigenvalue weighted by Crippen LogP contribution is 2.53. The maximum Gasteiger partial charge on any atom is 0.136 e. The molecule has 0 saturated heterocycles. The lowest BCUT2D eigenvalue weighted by atomic mass is 9.82. The van der Waals surface area contributed by atoms with Crippen molar-refractivity contribution in [2.24, 2.45) is 0 Å². The molecule has 2 nitrogen and oxygen atoms in total. The zero-order chi connectivity index (χ0) is 39.5. The van der Waals surface area contributed by atoms with Crippen LogP contribution in [0.2, 0.25) is 0 Å². The summed E-state index contributed by atoms with van der Waals surface area (Å²) in [6.45, 7) is 4.72. The normalized spacial score (nSPS) is 12.7. The second kappa shape index (κ2) is 13.9. The zero-order valence-corrected chi connectivity index (χ0v) is 33.1. The van der Waals surface area contributed by atoms with Crippen LogP contribution in [0.5, 0.6) is 0 Å². The number of para-hydroxylation sites is 1. The first-order valence-corrected chi connectivity index (χ1v) is 20.4. The Kier molecular flexibility index (Phi) is 8.20. The van der Waals surface area contributed by atoms with Gasteiger partial charge in [-0.2, -0.15) is 0 Å². The average molecular weight is 756 g/mol. The number of anilines is 3. The van der Waals surface area contributed by atoms with E-state index in [4.69, 9.17) is 4.42 Å². The first-order chi connectivity index (χ1) is 29.0. The van der Waals surface area contributed by atoms with Gasteiger partial charge in [-0.05, 0) is 110 Å². The van der Waals surface area contributed by atoms with Crippen LogP contribution in [0.25, 0.3) is 77.6 Å². The van der Waals surface area contributed by atoms with Crippen molar-refractivity contribution in [1.82, 2.24) is 0 Å². The standard InChI is InChI=1S/C57H41NO/c1-57(2)50-27-14-12-25-46(50)47-32-30-44(37-51(47)57)58(43-29-31-45(39-19-8-4-9-20-39)49(36-43)40-21-10-5-11-22-40)52-33-34-54-56(48-26-13-15-28-53(48)59-54)55(52)42-24-16-23-41(35-42)38-17-6-3-7-18-38/h3-37H,1-2H3. The van der Waals surface area contributed by atoms with Crippen molar-refractivity contribution < 1.29 is 4.42 Å². The van der Waals surface area contributed by atoms with Crippen LogP contribution in [0.1, 0.15) is 25.0 Å². The molecule has 11 rings (SSSR count). The Morgan fingerprint density at radius 3 is 1.71 bits per heavy atom. The number of benzene rings is 9. The summed E-state index contributed by atoms with van der Waals surface area (Å²) in [4.78, 5) is 2.48. The number of fused-ring (bicyclic) bond motifs is 6. The highest BCUT2D eigenvalue weighted by Gasteiger charge is 2.36. The van der Waals surface area contributed by atoms with Crippen molar-refractivity contribution in [3.63, 3.8) is 0 Å². The van der Waals surface area contributed by atoms with E-state index in [-0.39, 0.29) is 5.41 Å². The minimum absolute atomic E-state index is 0.169. The number of hydrogen-bond donors (Lipinski definition) is 0. The predicted molar refractivity (Wildman–Crippen MR) is 248 cm³/mol. The predicted octanol–water partition coefficient (Wildman–Crippen LogP) is 16.0. The SMILES string of the molecule is CC1(C)c2ccccc2-c2ccc(N(c3ccc(-c4ccccc4)c(-c4ccccc4)c3)c3ccc4oc5ccccc5c4c3-c3cccc(-c4ccccc4)c3)cc21. The van der Waals surface area contributed by atoms with Gasteiger partial charge in [-0.25, -0.2) is 0 Å². The molecule has 0 N–H and O–H groups in total. The van der Waals surface area contributed by atoms with Crippen molar-refractivity contribution in [2.75, 3.05) is 4.90 Å². The second-order valence-electron chi connectivity index (χ2n) is 16.1. The third-order valence-corrected chi connectivity index (χ3v) is 12.3. The third-order valence-electron chi connectivity index (χ3n) is 12.3. The lowest BCUT2D eigenvalue weighted by Gasteiger charge is -2.31. The molecule has 0 bridgehead atoms. The van der Waals surface area contributed by atoms with E-state index in [0.717, 1.165) is 50.1 Å². The van der Waals surface area contributed by atoms with Gasteiger partial charge in [-0.15, -0.1) is 0 Å². The molecular formula is C57H41NO. The third kappa shape index (κ3) is 5.79. The van der Waals surface area contributed by atoms with E-state index in [1.807, 2.05) is 0 Å². The summed E-state index contributed by atoms with van der Waals surface area (Å²) in [6, 6.07) is 76.9. The molecule has 0 atom stereocenters. The summed E-state index contributed by atoms with van der Waals surface area (Å²) in [5, 5.41) is 2.20. The molecule has 1 aromatic heterocycles. The van der Waals surface area contributed by atoms with Gasteiger partial charge in [-0.1, -0.05) is 178 Å². The molecular weight excluding hydrogens is 715 g/mol. The summed E-state index contributed by atoms with van der Waals surface area (Å²) in [7, 11) is 0. The van der Waals surface area contributed by atoms with Crippen LogP contribution in [0, 0.1) is 0 Å². The van der Waals surface area contributed by atoms with E-state index in [2.05, 4.69) is 231 Å². The minimum Gasteiger partial charge on any atom is -0.456 e. The van der Waals surface area contributed by atoms with Crippen molar-refractivity contribution in [2.45, 2.75) is 19.3 Å². The van der Waals surface area contributed by atoms with Crippen LogP contribution in [0.4, 0.5) is 17.1 Å². The fourth-order valence-electron chi connectivity index (χ4n) is 9.42. The van der Waals surface area contributed by atoms with E-state index in [1.54, 1.807) is 0 Å². The lowest BCUT2D eigenvalue weighted by Crippen LogP contribution is -2.17. The van der Waals surface area contributed by atoms with Crippen molar-refractivity contribution in [3.05, 3.63) is 223 Å². The summed E-state index contributed by atoms with van der Waals surface area (Å²) in [6.07, 6.45) is 0. The quantitative estimate of drug-likeness (QED) is 0.161. The number of rotatable bonds is 7. The molecule has 0 fully saturated rings. The molecule has 1 heterocycles. The molecule has 0 unspecified atom stereocenters. The van der Waals surface area contributed by atoms with E-state index < -0.39 is 0 Å². The van der Waals surface area contributed by atoms with Gasteiger partial charge in [0, 0.05) is 33.1 Å². The Bertz CT molecular complexity index is 3180. The van der Waals surface area contributed by atoms with Crippen LogP contribution in [0.15, 0.2) is 217 Å². The Morgan fingerprint density at radius 2 is 0.949 bits per heavy atom. The van der Waals surface area contributed by atoms with Crippen molar-refractivity contribution >= 4 is 39.0 Å². The first kappa shape index (κ1) is 34.8. The maximum atomic E-state index is 6.62. The van der Waals surface area contributed by atoms with E-state index >= 15 is 0 Å². The lowest BCUT2D eigenvalue weighted by molar-refractivity contribution is 0.660. The van der Waals surface area contributed by atoms with Crippen LogP contribution in [-0.4, -0.2) is 0 Å². The topological polar surface area (TPSA) is 16.4 Å². The summed E-state index contributed by atoms with van der Waals surface area (Å²) >= 11 is 0. The number of furan rings is 1. The molecule has 9 aromatic carbocycles. The van der Waals surface area contributed by atoms with Gasteiger partial charge in [0.25, 0.3) is 0 Å². The summed E-state index contributed by atoms with van der Waals surface area (Å²) < 4.78 is 6.62. The summed E-state index contributed by atoms with van der Waals surface area (Å²) in [5.41, 5.74) is 19.5. The Balaban J connectivity index is 1.22. The van der Waals surface area contributed by atoms with Crippen LogP contribution in [-0.2, 0) is 5.41 Å². The zero-order valence-electron chi connectivity index (χ0n) is 33.1. The largest absolute Gasteiger partial charge is 0.456 e. The molecule has 1 aliphatic carbocycles. The van der Waals surface area contributed by atoms with Crippen LogP contribution >= 0.6 is 0 Å². The van der Waals surface area contributed by atoms with E-state index in [9.17, 15) is 0 Å². The van der Waals surface area contributed by atoms with Crippen LogP contribution in [0.3, 0.4) is 0 Å². The van der Waals surface area contributed by atoms with Gasteiger partial charge in [0.15, 0.2) is 0 Å². The smallest absolute Gasteiger partial charge is 0.136 e. The highest BCUT2D eigenvalue weighted by molar-refractivity contribution is 6.16. The van der Waals surface area contributed by atoms with Crippen molar-refractivity contribution in [1.29, 1.82) is 0 Å². The molecule has 10 aromatic rings. The average Bonchev–Trinajstić information content (AvgIpc) is 3.79. The van der Waals surface area contributed by atoms with Crippen LogP contribution < -0.4 is 4.90 Å². The number of hydrogen-bond acceptors (Lipinski definition) is 2. The fraction of sp³-hybridized carbons (Fsp3) is 0.0526. The maximum absolute atomic E-state index is 6.62. The van der Waals surface area contributed by atoms with Gasteiger partial charge in [-0.3, -0.25) is 0 Å². The van der Waals surface area contributed by atoms with E-state index in [0.29, 0.717) is 0 Å². The van der Waals surface area contributed by atoms with Gasteiger partial charge in [0.2, 0.25) is 0 Å². The monoisotopic (exact) mass is 755 g/mol. The Labute approximate surface area is 345 Å². The molecule has 59 heavy (non-hydrogen) atoms. The summed E-state index contributed by atoms with van der Waals surface area (Å²) in [5.74, 6) is 0. The van der Waals surface area contributed by atoms with Gasteiger partial charge < -0.3 is 9.32 Å². The molecule has 2 heteroatoms. The van der Waals surface area contributed by atoms with Crippen molar-refractivity contribution in [3.8, 4) is 55.6 Å². The minimum atomic E-state index is -0.169. The van der Waals surface area contributed by atoms with Gasteiger partial charge in [0.1, 0.15) is 11.2 Å². The Morgan fingerprint density at radius 1 is 0.373 bits per heavy atom. The molecule has 0 radical (unpaired) electrons. The van der Waals surface area contributed by atoms with Gasteiger partial charge >= 0.3 is 0 Å².